The van der Waals surface area contributed by atoms with Crippen LogP contribution in [0.4, 0.5) is 5.82 Å². The fraction of sp³-hybridized carbons (Fsp3) is 0.571. The molecule has 72 valence electrons. The van der Waals surface area contributed by atoms with Crippen molar-refractivity contribution in [2.45, 2.75) is 19.4 Å². The van der Waals surface area contributed by atoms with Gasteiger partial charge in [-0.1, -0.05) is 0 Å². The molecule has 0 atom stereocenters. The maximum absolute atomic E-state index is 10.3. The van der Waals surface area contributed by atoms with E-state index in [1.54, 1.807) is 10.9 Å². The van der Waals surface area contributed by atoms with Gasteiger partial charge >= 0.3 is 5.82 Å². The summed E-state index contributed by atoms with van der Waals surface area (Å²) in [5.74, 6) is 0.509. The lowest BCUT2D eigenvalue weighted by Gasteiger charge is -1.93. The Balaban J connectivity index is 2.44. The van der Waals surface area contributed by atoms with Gasteiger partial charge in [0.25, 0.3) is 0 Å². The minimum atomic E-state index is -0.502. The zero-order valence-electron chi connectivity index (χ0n) is 7.02. The van der Waals surface area contributed by atoms with Crippen molar-refractivity contribution in [1.82, 2.24) is 9.78 Å². The molecule has 1 heterocycles. The Morgan fingerprint density at radius 1 is 1.62 bits per heavy atom. The van der Waals surface area contributed by atoms with E-state index in [2.05, 4.69) is 5.10 Å². The van der Waals surface area contributed by atoms with E-state index in [0.29, 0.717) is 12.4 Å². The van der Waals surface area contributed by atoms with Crippen LogP contribution in [0.3, 0.4) is 0 Å². The summed E-state index contributed by atoms with van der Waals surface area (Å²) in [4.78, 5) is 9.75. The second-order valence-electron chi connectivity index (χ2n) is 2.59. The van der Waals surface area contributed by atoms with Crippen molar-refractivity contribution in [3.05, 3.63) is 22.4 Å². The van der Waals surface area contributed by atoms with Gasteiger partial charge in [-0.15, -0.1) is 11.6 Å². The normalized spacial score (nSPS) is 10.2. The van der Waals surface area contributed by atoms with E-state index in [9.17, 15) is 10.1 Å². The zero-order chi connectivity index (χ0) is 9.68. The number of nitro groups is 1. The summed E-state index contributed by atoms with van der Waals surface area (Å²) in [6, 6.07) is 1.39. The Labute approximate surface area is 80.5 Å². The summed E-state index contributed by atoms with van der Waals surface area (Å²) in [6.07, 6.45) is 3.39. The van der Waals surface area contributed by atoms with Crippen molar-refractivity contribution in [3.8, 4) is 0 Å². The van der Waals surface area contributed by atoms with Gasteiger partial charge in [-0.3, -0.25) is 0 Å². The number of aromatic nitrogens is 2. The average molecular weight is 204 g/mol. The number of rotatable bonds is 5. The summed E-state index contributed by atoms with van der Waals surface area (Å²) >= 11 is 5.49. The topological polar surface area (TPSA) is 61.0 Å². The van der Waals surface area contributed by atoms with Gasteiger partial charge in [0.15, 0.2) is 0 Å². The highest BCUT2D eigenvalue weighted by Crippen LogP contribution is 2.06. The van der Waals surface area contributed by atoms with Crippen LogP contribution in [0, 0.1) is 10.1 Å². The highest BCUT2D eigenvalue weighted by atomic mass is 35.5. The first-order valence-electron chi connectivity index (χ1n) is 3.98. The maximum atomic E-state index is 10.3. The van der Waals surface area contributed by atoms with E-state index in [1.807, 2.05) is 0 Å². The van der Waals surface area contributed by atoms with Crippen LogP contribution in [-0.4, -0.2) is 20.6 Å². The van der Waals surface area contributed by atoms with E-state index in [-0.39, 0.29) is 5.82 Å². The molecule has 1 rings (SSSR count). The number of unbranched alkanes of at least 4 members (excludes halogenated alkanes) is 1. The molecule has 5 nitrogen and oxygen atoms in total. The molecule has 0 amide bonds. The van der Waals surface area contributed by atoms with Crippen LogP contribution in [-0.2, 0) is 6.54 Å². The number of alkyl halides is 1. The van der Waals surface area contributed by atoms with Crippen molar-refractivity contribution >= 4 is 17.4 Å². The van der Waals surface area contributed by atoms with Gasteiger partial charge in [0.1, 0.15) is 0 Å². The lowest BCUT2D eigenvalue weighted by molar-refractivity contribution is -0.389. The zero-order valence-corrected chi connectivity index (χ0v) is 7.78. The Morgan fingerprint density at radius 2 is 2.38 bits per heavy atom. The second kappa shape index (κ2) is 4.81. The van der Waals surface area contributed by atoms with Crippen molar-refractivity contribution in [1.29, 1.82) is 0 Å². The molecule has 0 aliphatic carbocycles. The predicted molar refractivity (Wildman–Crippen MR) is 48.8 cm³/mol. The van der Waals surface area contributed by atoms with Crippen molar-refractivity contribution in [3.63, 3.8) is 0 Å². The minimum absolute atomic E-state index is 0.106. The molecular formula is C7H10ClN3O2. The SMILES string of the molecule is O=[N+]([O-])c1ccn(CCCCCl)n1. The predicted octanol–water partition coefficient (Wildman–Crippen LogP) is 1.81. The van der Waals surface area contributed by atoms with Gasteiger partial charge in [0, 0.05) is 5.88 Å². The van der Waals surface area contributed by atoms with Gasteiger partial charge in [0.2, 0.25) is 0 Å². The standard InChI is InChI=1S/C7H10ClN3O2/c8-4-1-2-5-10-6-3-7(9-10)11(12)13/h3,6H,1-2,4-5H2. The third-order valence-electron chi connectivity index (χ3n) is 1.58. The van der Waals surface area contributed by atoms with E-state index in [1.165, 1.54) is 6.07 Å². The third kappa shape index (κ3) is 3.02. The monoisotopic (exact) mass is 203 g/mol. The molecule has 0 radical (unpaired) electrons. The molecule has 13 heavy (non-hydrogen) atoms. The van der Waals surface area contributed by atoms with Crippen molar-refractivity contribution < 1.29 is 4.92 Å². The molecule has 0 aliphatic heterocycles. The summed E-state index contributed by atoms with van der Waals surface area (Å²) < 4.78 is 1.56. The van der Waals surface area contributed by atoms with Gasteiger partial charge < -0.3 is 10.1 Å². The van der Waals surface area contributed by atoms with Crippen LogP contribution in [0.25, 0.3) is 0 Å². The lowest BCUT2D eigenvalue weighted by atomic mass is 10.3. The molecule has 0 fully saturated rings. The second-order valence-corrected chi connectivity index (χ2v) is 2.97. The van der Waals surface area contributed by atoms with Gasteiger partial charge in [-0.05, 0) is 17.8 Å². The number of halogens is 1. The highest BCUT2D eigenvalue weighted by Gasteiger charge is 2.09. The van der Waals surface area contributed by atoms with Crippen molar-refractivity contribution in [2.24, 2.45) is 0 Å². The number of nitrogens with zero attached hydrogens (tertiary/aromatic N) is 3. The molecule has 0 aliphatic rings. The van der Waals surface area contributed by atoms with Crippen LogP contribution in [0.5, 0.6) is 0 Å². The van der Waals surface area contributed by atoms with Crippen LogP contribution in [0.1, 0.15) is 12.8 Å². The quantitative estimate of drug-likeness (QED) is 0.317. The van der Waals surface area contributed by atoms with Gasteiger partial charge in [0.05, 0.1) is 23.9 Å². The Morgan fingerprint density at radius 3 is 2.92 bits per heavy atom. The Hall–Kier alpha value is -1.10. The molecule has 1 aromatic rings. The fourth-order valence-electron chi connectivity index (χ4n) is 0.941. The Bertz CT molecular complexity index is 287. The number of hydrogen-bond donors (Lipinski definition) is 0. The maximum Gasteiger partial charge on any atom is 0.389 e. The highest BCUT2D eigenvalue weighted by molar-refractivity contribution is 6.17. The third-order valence-corrected chi connectivity index (χ3v) is 1.85. The van der Waals surface area contributed by atoms with Crippen LogP contribution in [0.2, 0.25) is 0 Å². The summed E-state index contributed by atoms with van der Waals surface area (Å²) in [6.45, 7) is 0.681. The lowest BCUT2D eigenvalue weighted by Crippen LogP contribution is -1.99. The molecule has 0 saturated heterocycles. The van der Waals surface area contributed by atoms with Gasteiger partial charge in [-0.25, -0.2) is 0 Å². The molecule has 6 heteroatoms. The smallest absolute Gasteiger partial charge is 0.358 e. The van der Waals surface area contributed by atoms with E-state index < -0.39 is 4.92 Å². The van der Waals surface area contributed by atoms with E-state index in [0.717, 1.165) is 12.8 Å². The summed E-state index contributed by atoms with van der Waals surface area (Å²) in [7, 11) is 0. The molecule has 0 unspecified atom stereocenters. The Kier molecular flexibility index (Phi) is 3.70. The first kappa shape index (κ1) is 9.98. The molecule has 0 spiro atoms. The summed E-state index contributed by atoms with van der Waals surface area (Å²) in [5, 5.41) is 14.0. The fourth-order valence-corrected chi connectivity index (χ4v) is 1.13. The molecule has 0 N–H and O–H groups in total. The number of aryl methyl sites for hydroxylation is 1. The molecule has 0 saturated carbocycles. The van der Waals surface area contributed by atoms with E-state index >= 15 is 0 Å². The average Bonchev–Trinajstić information content (AvgIpc) is 2.53. The first-order chi connectivity index (χ1) is 6.24. The molecule has 0 bridgehead atoms. The van der Waals surface area contributed by atoms with Gasteiger partial charge in [-0.2, -0.15) is 4.68 Å². The molecular weight excluding hydrogens is 194 g/mol. The van der Waals surface area contributed by atoms with Crippen molar-refractivity contribution in [2.75, 3.05) is 5.88 Å². The van der Waals surface area contributed by atoms with E-state index in [4.69, 9.17) is 11.6 Å². The summed E-state index contributed by atoms with van der Waals surface area (Å²) in [5.41, 5.74) is 0. The van der Waals surface area contributed by atoms with Crippen LogP contribution in [0.15, 0.2) is 12.3 Å². The largest absolute Gasteiger partial charge is 0.389 e. The molecule has 0 aromatic carbocycles. The first-order valence-corrected chi connectivity index (χ1v) is 4.51. The number of hydrogen-bond acceptors (Lipinski definition) is 3. The minimum Gasteiger partial charge on any atom is -0.358 e. The molecule has 1 aromatic heterocycles. The van der Waals surface area contributed by atoms with Crippen LogP contribution >= 0.6 is 11.6 Å². The van der Waals surface area contributed by atoms with Crippen LogP contribution < -0.4 is 0 Å².